The SMILES string of the molecule is CC(C)OC(=O)[C@H](CCO)NCl. The van der Waals surface area contributed by atoms with Crippen molar-refractivity contribution < 1.29 is 14.6 Å². The van der Waals surface area contributed by atoms with Crippen LogP contribution in [0.3, 0.4) is 0 Å². The first kappa shape index (κ1) is 11.7. The Labute approximate surface area is 77.0 Å². The topological polar surface area (TPSA) is 58.6 Å². The fraction of sp³-hybridized carbons (Fsp3) is 0.857. The van der Waals surface area contributed by atoms with Gasteiger partial charge in [0.2, 0.25) is 0 Å². The summed E-state index contributed by atoms with van der Waals surface area (Å²) >= 11 is 5.26. The van der Waals surface area contributed by atoms with Gasteiger partial charge in [0.15, 0.2) is 0 Å². The molecule has 0 spiro atoms. The number of nitrogens with one attached hydrogen (secondary N) is 1. The van der Waals surface area contributed by atoms with Gasteiger partial charge in [0.25, 0.3) is 0 Å². The van der Waals surface area contributed by atoms with Gasteiger partial charge >= 0.3 is 5.97 Å². The van der Waals surface area contributed by atoms with Crippen molar-refractivity contribution in [1.82, 2.24) is 4.84 Å². The third-order valence-corrected chi connectivity index (χ3v) is 1.45. The molecule has 0 aliphatic carbocycles. The summed E-state index contributed by atoms with van der Waals surface area (Å²) in [5.74, 6) is -0.436. The Morgan fingerprint density at radius 3 is 2.58 bits per heavy atom. The average Bonchev–Trinajstić information content (AvgIpc) is 1.98. The van der Waals surface area contributed by atoms with E-state index in [4.69, 9.17) is 21.6 Å². The molecule has 0 aliphatic rings. The van der Waals surface area contributed by atoms with Gasteiger partial charge in [-0.2, -0.15) is 0 Å². The molecule has 0 aromatic rings. The Kier molecular flexibility index (Phi) is 6.06. The molecule has 1 atom stereocenters. The highest BCUT2D eigenvalue weighted by molar-refractivity contribution is 6.14. The highest BCUT2D eigenvalue weighted by Crippen LogP contribution is 1.99. The van der Waals surface area contributed by atoms with E-state index in [-0.39, 0.29) is 19.1 Å². The Morgan fingerprint density at radius 2 is 2.25 bits per heavy atom. The number of halogens is 1. The van der Waals surface area contributed by atoms with Crippen molar-refractivity contribution in [2.75, 3.05) is 6.61 Å². The molecule has 0 fully saturated rings. The van der Waals surface area contributed by atoms with Crippen molar-refractivity contribution in [3.05, 3.63) is 0 Å². The van der Waals surface area contributed by atoms with Crippen LogP contribution in [0.15, 0.2) is 0 Å². The van der Waals surface area contributed by atoms with E-state index < -0.39 is 12.0 Å². The van der Waals surface area contributed by atoms with Gasteiger partial charge < -0.3 is 9.84 Å². The maximum Gasteiger partial charge on any atom is 0.324 e. The molecule has 0 aromatic carbocycles. The van der Waals surface area contributed by atoms with E-state index in [1.165, 1.54) is 0 Å². The molecule has 0 aliphatic heterocycles. The van der Waals surface area contributed by atoms with Gasteiger partial charge in [0, 0.05) is 6.61 Å². The van der Waals surface area contributed by atoms with Crippen molar-refractivity contribution in [1.29, 1.82) is 0 Å². The highest BCUT2D eigenvalue weighted by Gasteiger charge is 2.18. The normalized spacial score (nSPS) is 13.1. The summed E-state index contributed by atoms with van der Waals surface area (Å²) in [5, 5.41) is 8.54. The van der Waals surface area contributed by atoms with Gasteiger partial charge in [-0.1, -0.05) is 0 Å². The van der Waals surface area contributed by atoms with Gasteiger partial charge in [0.05, 0.1) is 6.10 Å². The van der Waals surface area contributed by atoms with E-state index in [1.807, 2.05) is 0 Å². The summed E-state index contributed by atoms with van der Waals surface area (Å²) in [7, 11) is 0. The summed E-state index contributed by atoms with van der Waals surface area (Å²) in [5.41, 5.74) is 0. The Balaban J connectivity index is 3.85. The smallest absolute Gasteiger partial charge is 0.324 e. The van der Waals surface area contributed by atoms with Crippen molar-refractivity contribution in [3.8, 4) is 0 Å². The number of hydrogen-bond donors (Lipinski definition) is 2. The van der Waals surface area contributed by atoms with Crippen LogP contribution in [0, 0.1) is 0 Å². The number of esters is 1. The molecule has 0 aromatic heterocycles. The van der Waals surface area contributed by atoms with Crippen LogP contribution in [-0.4, -0.2) is 29.8 Å². The first-order valence-corrected chi connectivity index (χ1v) is 4.17. The fourth-order valence-corrected chi connectivity index (χ4v) is 0.859. The standard InChI is InChI=1S/C7H14ClNO3/c1-5(2)12-7(11)6(9-8)3-4-10/h5-6,9-10H,3-4H2,1-2H3/t6-/m0/s1. The van der Waals surface area contributed by atoms with E-state index >= 15 is 0 Å². The summed E-state index contributed by atoms with van der Waals surface area (Å²) in [6, 6.07) is -0.626. The largest absolute Gasteiger partial charge is 0.462 e. The maximum atomic E-state index is 11.1. The van der Waals surface area contributed by atoms with Crippen LogP contribution in [0.2, 0.25) is 0 Å². The number of carbonyl (C=O) groups is 1. The first-order valence-electron chi connectivity index (χ1n) is 3.79. The van der Waals surface area contributed by atoms with Gasteiger partial charge in [-0.25, -0.2) is 4.84 Å². The van der Waals surface area contributed by atoms with Crippen LogP contribution in [-0.2, 0) is 9.53 Å². The number of hydrogen-bond acceptors (Lipinski definition) is 4. The summed E-state index contributed by atoms with van der Waals surface area (Å²) in [4.78, 5) is 13.3. The lowest BCUT2D eigenvalue weighted by Gasteiger charge is -2.14. The van der Waals surface area contributed by atoms with Crippen LogP contribution in [0.5, 0.6) is 0 Å². The molecule has 2 N–H and O–H groups in total. The molecule has 0 unspecified atom stereocenters. The molecule has 5 heteroatoms. The van der Waals surface area contributed by atoms with Crippen LogP contribution in [0.4, 0.5) is 0 Å². The van der Waals surface area contributed by atoms with Crippen molar-refractivity contribution in [2.45, 2.75) is 32.4 Å². The van der Waals surface area contributed by atoms with Crippen molar-refractivity contribution in [2.24, 2.45) is 0 Å². The summed E-state index contributed by atoms with van der Waals surface area (Å²) < 4.78 is 4.86. The molecule has 12 heavy (non-hydrogen) atoms. The zero-order valence-electron chi connectivity index (χ0n) is 7.21. The summed E-state index contributed by atoms with van der Waals surface area (Å²) in [6.07, 6.45) is 0.0957. The quantitative estimate of drug-likeness (QED) is 0.494. The minimum absolute atomic E-state index is 0.0996. The fourth-order valence-electron chi connectivity index (χ4n) is 0.660. The maximum absolute atomic E-state index is 11.1. The third-order valence-electron chi connectivity index (χ3n) is 1.19. The van der Waals surface area contributed by atoms with E-state index in [2.05, 4.69) is 4.84 Å². The van der Waals surface area contributed by atoms with Gasteiger partial charge in [-0.15, -0.1) is 0 Å². The van der Waals surface area contributed by atoms with Gasteiger partial charge in [0.1, 0.15) is 6.04 Å². The van der Waals surface area contributed by atoms with Crippen LogP contribution in [0.1, 0.15) is 20.3 Å². The van der Waals surface area contributed by atoms with Gasteiger partial charge in [-0.3, -0.25) is 4.79 Å². The van der Waals surface area contributed by atoms with Crippen LogP contribution in [0.25, 0.3) is 0 Å². The Morgan fingerprint density at radius 1 is 1.67 bits per heavy atom. The van der Waals surface area contributed by atoms with E-state index in [9.17, 15) is 4.79 Å². The molecule has 0 heterocycles. The lowest BCUT2D eigenvalue weighted by atomic mass is 10.2. The predicted octanol–water partition coefficient (Wildman–Crippen LogP) is 0.432. The Hall–Kier alpha value is -0.320. The van der Waals surface area contributed by atoms with Crippen molar-refractivity contribution in [3.63, 3.8) is 0 Å². The lowest BCUT2D eigenvalue weighted by Crippen LogP contribution is -2.34. The van der Waals surface area contributed by atoms with E-state index in [0.29, 0.717) is 0 Å². The number of aliphatic hydroxyl groups excluding tert-OH is 1. The van der Waals surface area contributed by atoms with E-state index in [0.717, 1.165) is 0 Å². The van der Waals surface area contributed by atoms with Crippen molar-refractivity contribution >= 4 is 17.7 Å². The lowest BCUT2D eigenvalue weighted by molar-refractivity contribution is -0.149. The predicted molar refractivity (Wildman–Crippen MR) is 45.7 cm³/mol. The molecule has 0 saturated heterocycles. The molecular weight excluding hydrogens is 182 g/mol. The number of aliphatic hydroxyl groups is 1. The molecule has 4 nitrogen and oxygen atoms in total. The molecule has 0 amide bonds. The number of rotatable bonds is 5. The van der Waals surface area contributed by atoms with Crippen LogP contribution >= 0.6 is 11.8 Å². The summed E-state index contributed by atoms with van der Waals surface area (Å²) in [6.45, 7) is 3.40. The first-order chi connectivity index (χ1) is 5.61. The highest BCUT2D eigenvalue weighted by atomic mass is 35.5. The average molecular weight is 196 g/mol. The van der Waals surface area contributed by atoms with E-state index in [1.54, 1.807) is 13.8 Å². The molecule has 0 bridgehead atoms. The van der Waals surface area contributed by atoms with Gasteiger partial charge in [-0.05, 0) is 32.0 Å². The molecule has 0 saturated carbocycles. The second kappa shape index (κ2) is 6.22. The number of ether oxygens (including phenoxy) is 1. The zero-order chi connectivity index (χ0) is 9.56. The molecular formula is C7H14ClNO3. The molecule has 0 radical (unpaired) electrons. The minimum atomic E-state index is -0.626. The zero-order valence-corrected chi connectivity index (χ0v) is 7.97. The Bertz CT molecular complexity index is 141. The number of carbonyl (C=O) groups excluding carboxylic acids is 1. The second-order valence-electron chi connectivity index (χ2n) is 2.66. The third kappa shape index (κ3) is 4.54. The minimum Gasteiger partial charge on any atom is -0.462 e. The second-order valence-corrected chi connectivity index (χ2v) is 2.88. The monoisotopic (exact) mass is 195 g/mol. The van der Waals surface area contributed by atoms with Crippen LogP contribution < -0.4 is 4.84 Å². The molecule has 0 rings (SSSR count). The molecule has 72 valence electrons.